The Balaban J connectivity index is 2.02. The molecule has 3 aliphatic rings. The van der Waals surface area contributed by atoms with Crippen LogP contribution in [-0.2, 0) is 42.3 Å². The van der Waals surface area contributed by atoms with E-state index in [2.05, 4.69) is 5.10 Å². The quantitative estimate of drug-likeness (QED) is 0.684. The van der Waals surface area contributed by atoms with Gasteiger partial charge in [0.1, 0.15) is 0 Å². The summed E-state index contributed by atoms with van der Waals surface area (Å²) < 4.78 is 77.1. The Kier molecular flexibility index (Phi) is 3.99. The van der Waals surface area contributed by atoms with E-state index in [0.717, 1.165) is 17.1 Å². The highest BCUT2D eigenvalue weighted by Gasteiger charge is 2.79. The van der Waals surface area contributed by atoms with Crippen LogP contribution >= 0.6 is 0 Å². The second-order valence-electron chi connectivity index (χ2n) is 6.97. The lowest BCUT2D eigenvalue weighted by Gasteiger charge is -2.26. The van der Waals surface area contributed by atoms with Crippen molar-refractivity contribution in [1.29, 1.82) is 0 Å². The number of epoxide rings is 1. The van der Waals surface area contributed by atoms with Gasteiger partial charge in [-0.3, -0.25) is 4.79 Å². The summed E-state index contributed by atoms with van der Waals surface area (Å²) in [5.41, 5.74) is -2.59. The lowest BCUT2D eigenvalue weighted by atomic mass is 9.86. The van der Waals surface area contributed by atoms with E-state index in [4.69, 9.17) is 9.47 Å². The van der Waals surface area contributed by atoms with Crippen LogP contribution < -0.4 is 0 Å². The average Bonchev–Trinajstić information content (AvgIpc) is 3.34. The molecule has 4 rings (SSSR count). The molecule has 1 aromatic carbocycles. The van der Waals surface area contributed by atoms with Gasteiger partial charge in [0.05, 0.1) is 22.4 Å². The molecule has 28 heavy (non-hydrogen) atoms. The first-order valence-electron chi connectivity index (χ1n) is 8.55. The third-order valence-corrected chi connectivity index (χ3v) is 7.31. The monoisotopic (exact) mass is 418 g/mol. The minimum atomic E-state index is -4.84. The molecule has 1 amide bonds. The molecule has 11 heteroatoms. The SMILES string of the molecule is COC12OC1(c1ccc(C(F)(F)F)c3c1CCCCS3(=O)=O)C=NN(C)C2=O. The Morgan fingerprint density at radius 3 is 2.64 bits per heavy atom. The lowest BCUT2D eigenvalue weighted by Crippen LogP contribution is -2.46. The largest absolute Gasteiger partial charge is 0.417 e. The van der Waals surface area contributed by atoms with Gasteiger partial charge in [0.25, 0.3) is 5.79 Å². The molecule has 1 saturated heterocycles. The van der Waals surface area contributed by atoms with Crippen molar-refractivity contribution in [2.24, 2.45) is 5.10 Å². The number of carbonyl (C=O) groups excluding carboxylic acids is 1. The molecule has 3 aliphatic heterocycles. The maximum atomic E-state index is 13.6. The third kappa shape index (κ3) is 2.39. The van der Waals surface area contributed by atoms with Crippen LogP contribution in [0.3, 0.4) is 0 Å². The summed E-state index contributed by atoms with van der Waals surface area (Å²) in [6.07, 6.45) is -2.82. The zero-order chi connectivity index (χ0) is 20.5. The number of methoxy groups -OCH3 is 1. The molecule has 7 nitrogen and oxygen atoms in total. The van der Waals surface area contributed by atoms with Crippen molar-refractivity contribution in [3.05, 3.63) is 28.8 Å². The maximum Gasteiger partial charge on any atom is 0.417 e. The van der Waals surface area contributed by atoms with Crippen LogP contribution in [0.1, 0.15) is 29.5 Å². The van der Waals surface area contributed by atoms with Gasteiger partial charge >= 0.3 is 12.1 Å². The molecular weight excluding hydrogens is 401 g/mol. The van der Waals surface area contributed by atoms with Crippen LogP contribution in [0.4, 0.5) is 13.2 Å². The van der Waals surface area contributed by atoms with Crippen LogP contribution in [0.25, 0.3) is 0 Å². The van der Waals surface area contributed by atoms with Crippen molar-refractivity contribution >= 4 is 22.0 Å². The van der Waals surface area contributed by atoms with E-state index in [1.807, 2.05) is 0 Å². The number of nitrogens with zero attached hydrogens (tertiary/aromatic N) is 2. The zero-order valence-corrected chi connectivity index (χ0v) is 15.9. The van der Waals surface area contributed by atoms with E-state index >= 15 is 0 Å². The number of halogens is 3. The first kappa shape index (κ1) is 19.3. The van der Waals surface area contributed by atoms with Gasteiger partial charge in [-0.15, -0.1) is 0 Å². The van der Waals surface area contributed by atoms with Gasteiger partial charge in [0.15, 0.2) is 15.4 Å². The zero-order valence-electron chi connectivity index (χ0n) is 15.0. The molecule has 0 aliphatic carbocycles. The molecule has 2 unspecified atom stereocenters. The molecule has 1 aromatic rings. The topological polar surface area (TPSA) is 88.6 Å². The first-order valence-corrected chi connectivity index (χ1v) is 10.2. The smallest absolute Gasteiger partial charge is 0.343 e. The van der Waals surface area contributed by atoms with Crippen molar-refractivity contribution < 1.29 is 35.9 Å². The minimum Gasteiger partial charge on any atom is -0.343 e. The molecule has 0 bridgehead atoms. The number of carbonyl (C=O) groups is 1. The molecule has 1 fully saturated rings. The van der Waals surface area contributed by atoms with Gasteiger partial charge in [-0.1, -0.05) is 6.07 Å². The summed E-state index contributed by atoms with van der Waals surface area (Å²) in [4.78, 5) is 11.8. The highest BCUT2D eigenvalue weighted by molar-refractivity contribution is 7.91. The van der Waals surface area contributed by atoms with Crippen molar-refractivity contribution in [2.75, 3.05) is 19.9 Å². The van der Waals surface area contributed by atoms with E-state index in [1.165, 1.54) is 20.4 Å². The summed E-state index contributed by atoms with van der Waals surface area (Å²) in [7, 11) is -1.53. The minimum absolute atomic E-state index is 0.00931. The highest BCUT2D eigenvalue weighted by Crippen LogP contribution is 2.59. The van der Waals surface area contributed by atoms with Crippen LogP contribution in [0.2, 0.25) is 0 Å². The summed E-state index contributed by atoms with van der Waals surface area (Å²) >= 11 is 0. The number of hydrogen-bond acceptors (Lipinski definition) is 6. The highest BCUT2D eigenvalue weighted by atomic mass is 32.2. The summed E-state index contributed by atoms with van der Waals surface area (Å²) in [5.74, 6) is -2.76. The predicted octanol–water partition coefficient (Wildman–Crippen LogP) is 1.84. The number of alkyl halides is 3. The van der Waals surface area contributed by atoms with E-state index in [9.17, 15) is 26.4 Å². The predicted molar refractivity (Wildman–Crippen MR) is 90.2 cm³/mol. The van der Waals surface area contributed by atoms with Gasteiger partial charge in [-0.25, -0.2) is 13.4 Å². The fourth-order valence-electron chi connectivity index (χ4n) is 4.03. The van der Waals surface area contributed by atoms with Crippen LogP contribution in [0.15, 0.2) is 22.1 Å². The number of fused-ring (bicyclic) bond motifs is 2. The Morgan fingerprint density at radius 2 is 2.00 bits per heavy atom. The Hall–Kier alpha value is -1.98. The van der Waals surface area contributed by atoms with Crippen LogP contribution in [0, 0.1) is 0 Å². The van der Waals surface area contributed by atoms with E-state index < -0.39 is 43.8 Å². The van der Waals surface area contributed by atoms with Crippen LogP contribution in [-0.4, -0.2) is 51.2 Å². The van der Waals surface area contributed by atoms with E-state index in [0.29, 0.717) is 6.42 Å². The molecule has 2 atom stereocenters. The number of amides is 1. The summed E-state index contributed by atoms with van der Waals surface area (Å²) in [6.45, 7) is 0. The molecule has 0 spiro atoms. The Morgan fingerprint density at radius 1 is 1.29 bits per heavy atom. The number of benzene rings is 1. The number of rotatable bonds is 2. The maximum absolute atomic E-state index is 13.6. The molecule has 0 radical (unpaired) electrons. The molecular formula is C17H17F3N2O5S. The number of likely N-dealkylation sites (N-methyl/N-ethyl adjacent to an activating group) is 1. The van der Waals surface area contributed by atoms with Crippen molar-refractivity contribution in [2.45, 2.75) is 41.7 Å². The van der Waals surface area contributed by atoms with Gasteiger partial charge in [0, 0.05) is 19.7 Å². The Labute approximate surface area is 159 Å². The van der Waals surface area contributed by atoms with Gasteiger partial charge < -0.3 is 9.47 Å². The summed E-state index contributed by atoms with van der Waals surface area (Å²) in [5, 5.41) is 4.95. The fourth-order valence-corrected chi connectivity index (χ4v) is 5.92. The van der Waals surface area contributed by atoms with Crippen molar-refractivity contribution in [1.82, 2.24) is 5.01 Å². The second-order valence-corrected chi connectivity index (χ2v) is 9.02. The Bertz CT molecular complexity index is 1010. The van der Waals surface area contributed by atoms with Crippen molar-refractivity contribution in [3.63, 3.8) is 0 Å². The summed E-state index contributed by atoms with van der Waals surface area (Å²) in [6, 6.07) is 1.89. The van der Waals surface area contributed by atoms with Crippen LogP contribution in [0.5, 0.6) is 0 Å². The average molecular weight is 418 g/mol. The molecule has 0 saturated carbocycles. The molecule has 152 valence electrons. The second kappa shape index (κ2) is 5.77. The van der Waals surface area contributed by atoms with Crippen molar-refractivity contribution in [3.8, 4) is 0 Å². The number of ether oxygens (including phenoxy) is 2. The number of hydrogen-bond donors (Lipinski definition) is 0. The standard InChI is InChI=1S/C17H17F3N2O5S/c1-22-14(23)16(26-2)15(27-16,9-21-22)11-6-7-12(17(18,19)20)13-10(11)5-3-4-8-28(13,24)25/h6-7,9H,3-5,8H2,1-2H3. The normalized spacial score (nSPS) is 31.2. The van der Waals surface area contributed by atoms with Gasteiger partial charge in [-0.2, -0.15) is 18.3 Å². The van der Waals surface area contributed by atoms with Gasteiger partial charge in [-0.05, 0) is 30.9 Å². The fraction of sp³-hybridized carbons (Fsp3) is 0.529. The number of sulfone groups is 1. The third-order valence-electron chi connectivity index (χ3n) is 5.39. The molecule has 3 heterocycles. The molecule has 0 aromatic heterocycles. The first-order chi connectivity index (χ1) is 13.0. The van der Waals surface area contributed by atoms with Gasteiger partial charge in [0.2, 0.25) is 0 Å². The van der Waals surface area contributed by atoms with E-state index in [1.54, 1.807) is 0 Å². The lowest BCUT2D eigenvalue weighted by molar-refractivity contribution is -0.153. The number of hydrazone groups is 1. The van der Waals surface area contributed by atoms with E-state index in [-0.39, 0.29) is 29.7 Å². The molecule has 0 N–H and O–H groups in total.